The zero-order valence-electron chi connectivity index (χ0n) is 8.22. The second kappa shape index (κ2) is 3.94. The van der Waals surface area contributed by atoms with Gasteiger partial charge in [0, 0.05) is 12.0 Å². The third-order valence-corrected chi connectivity index (χ3v) is 2.05. The topological polar surface area (TPSA) is 18.5 Å². The molecule has 0 radical (unpaired) electrons. The van der Waals surface area contributed by atoms with E-state index in [-0.39, 0.29) is 5.41 Å². The van der Waals surface area contributed by atoms with Gasteiger partial charge in [-0.2, -0.15) is 0 Å². The maximum atomic E-state index is 5.44. The molecule has 0 aromatic heterocycles. The molecule has 0 saturated carbocycles. The molecule has 0 aromatic rings. The van der Waals surface area contributed by atoms with Crippen LogP contribution in [0.3, 0.4) is 0 Å². The van der Waals surface area contributed by atoms with Crippen molar-refractivity contribution in [1.29, 1.82) is 0 Å². The smallest absolute Gasteiger partial charge is 0.0949 e. The molecule has 2 heteroatoms. The second-order valence-electron chi connectivity index (χ2n) is 4.12. The molecule has 12 heavy (non-hydrogen) atoms. The zero-order chi connectivity index (χ0) is 9.03. The third-order valence-electron chi connectivity index (χ3n) is 2.05. The van der Waals surface area contributed by atoms with Crippen molar-refractivity contribution in [2.45, 2.75) is 27.2 Å². The van der Waals surface area contributed by atoms with Crippen molar-refractivity contribution in [3.05, 3.63) is 11.8 Å². The van der Waals surface area contributed by atoms with Gasteiger partial charge in [0.25, 0.3) is 0 Å². The van der Waals surface area contributed by atoms with Crippen molar-refractivity contribution >= 4 is 0 Å². The molecule has 1 rings (SSSR count). The van der Waals surface area contributed by atoms with E-state index in [9.17, 15) is 0 Å². The Hall–Kier alpha value is -0.500. The van der Waals surface area contributed by atoms with E-state index >= 15 is 0 Å². The third kappa shape index (κ3) is 2.86. The molecule has 0 aromatic carbocycles. The maximum absolute atomic E-state index is 5.44. The molecule has 1 aliphatic rings. The first kappa shape index (κ1) is 9.59. The van der Waals surface area contributed by atoms with Crippen LogP contribution in [-0.4, -0.2) is 19.8 Å². The molecule has 0 aliphatic carbocycles. The predicted octanol–water partition coefficient (Wildman–Crippen LogP) is 2.35. The average Bonchev–Trinajstić information content (AvgIpc) is 2.35. The van der Waals surface area contributed by atoms with Crippen LogP contribution in [0.4, 0.5) is 0 Å². The van der Waals surface area contributed by atoms with E-state index in [0.29, 0.717) is 0 Å². The first-order valence-electron chi connectivity index (χ1n) is 4.45. The summed E-state index contributed by atoms with van der Waals surface area (Å²) in [7, 11) is 0. The van der Waals surface area contributed by atoms with Crippen LogP contribution >= 0.6 is 0 Å². The van der Waals surface area contributed by atoms with E-state index < -0.39 is 0 Å². The Labute approximate surface area is 74.6 Å². The minimum Gasteiger partial charge on any atom is -0.501 e. The van der Waals surface area contributed by atoms with E-state index in [1.165, 1.54) is 5.57 Å². The molecule has 1 atom stereocenters. The number of rotatable bonds is 3. The van der Waals surface area contributed by atoms with Gasteiger partial charge in [-0.3, -0.25) is 0 Å². The first-order chi connectivity index (χ1) is 5.62. The average molecular weight is 170 g/mol. The Kier molecular flexibility index (Phi) is 3.15. The van der Waals surface area contributed by atoms with Gasteiger partial charge in [-0.15, -0.1) is 0 Å². The van der Waals surface area contributed by atoms with Crippen molar-refractivity contribution in [3.63, 3.8) is 0 Å². The number of ether oxygens (including phenoxy) is 2. The van der Waals surface area contributed by atoms with E-state index in [1.807, 2.05) is 20.1 Å². The summed E-state index contributed by atoms with van der Waals surface area (Å²) in [6, 6.07) is 0. The van der Waals surface area contributed by atoms with Crippen LogP contribution in [0.25, 0.3) is 0 Å². The highest BCUT2D eigenvalue weighted by molar-refractivity contribution is 4.87. The lowest BCUT2D eigenvalue weighted by molar-refractivity contribution is 0.0949. The molecule has 70 valence electrons. The summed E-state index contributed by atoms with van der Waals surface area (Å²) in [5.41, 5.74) is 1.45. The lowest BCUT2D eigenvalue weighted by Crippen LogP contribution is -2.22. The number of allylic oxidation sites excluding steroid dienone is 1. The highest BCUT2D eigenvalue weighted by Gasteiger charge is 2.29. The second-order valence-corrected chi connectivity index (χ2v) is 4.12. The fraction of sp³-hybridized carbons (Fsp3) is 0.800. The van der Waals surface area contributed by atoms with Crippen molar-refractivity contribution < 1.29 is 9.47 Å². The fourth-order valence-electron chi connectivity index (χ4n) is 1.23. The monoisotopic (exact) mass is 170 g/mol. The van der Waals surface area contributed by atoms with Gasteiger partial charge in [0.15, 0.2) is 0 Å². The Morgan fingerprint density at radius 3 is 2.83 bits per heavy atom. The molecule has 2 nitrogen and oxygen atoms in total. The summed E-state index contributed by atoms with van der Waals surface area (Å²) < 4.78 is 10.8. The first-order valence-corrected chi connectivity index (χ1v) is 4.45. The van der Waals surface area contributed by atoms with Gasteiger partial charge < -0.3 is 9.47 Å². The molecule has 0 N–H and O–H groups in total. The largest absolute Gasteiger partial charge is 0.501 e. The Morgan fingerprint density at radius 1 is 1.58 bits per heavy atom. The van der Waals surface area contributed by atoms with Crippen molar-refractivity contribution in [2.24, 2.45) is 5.41 Å². The van der Waals surface area contributed by atoms with Crippen LogP contribution in [0.15, 0.2) is 11.8 Å². The molecule has 1 heterocycles. The molecular formula is C10H18O2. The van der Waals surface area contributed by atoms with Gasteiger partial charge in [-0.25, -0.2) is 0 Å². The van der Waals surface area contributed by atoms with E-state index in [2.05, 4.69) is 6.92 Å². The molecule has 1 fully saturated rings. The van der Waals surface area contributed by atoms with Crippen LogP contribution < -0.4 is 0 Å². The molecule has 0 bridgehead atoms. The summed E-state index contributed by atoms with van der Waals surface area (Å²) in [4.78, 5) is 0. The van der Waals surface area contributed by atoms with Gasteiger partial charge in [0.05, 0.1) is 19.5 Å². The summed E-state index contributed by atoms with van der Waals surface area (Å²) in [6.45, 7) is 8.77. The molecule has 0 amide bonds. The van der Waals surface area contributed by atoms with Gasteiger partial charge in [-0.05, 0) is 25.8 Å². The number of hydrogen-bond acceptors (Lipinski definition) is 2. The summed E-state index contributed by atoms with van der Waals surface area (Å²) in [6.07, 6.45) is 2.94. The van der Waals surface area contributed by atoms with Crippen LogP contribution in [0.5, 0.6) is 0 Å². The normalized spacial score (nSPS) is 28.6. The van der Waals surface area contributed by atoms with Crippen LogP contribution in [0.1, 0.15) is 27.2 Å². The van der Waals surface area contributed by atoms with Crippen LogP contribution in [-0.2, 0) is 9.47 Å². The Bertz CT molecular complexity index is 163. The van der Waals surface area contributed by atoms with Gasteiger partial charge in [-0.1, -0.05) is 6.92 Å². The highest BCUT2D eigenvalue weighted by atomic mass is 16.5. The lowest BCUT2D eigenvalue weighted by atomic mass is 9.91. The molecular weight excluding hydrogens is 152 g/mol. The lowest BCUT2D eigenvalue weighted by Gasteiger charge is -2.20. The van der Waals surface area contributed by atoms with Gasteiger partial charge >= 0.3 is 0 Å². The van der Waals surface area contributed by atoms with E-state index in [1.54, 1.807) is 0 Å². The molecule has 1 saturated heterocycles. The fourth-order valence-corrected chi connectivity index (χ4v) is 1.23. The predicted molar refractivity (Wildman–Crippen MR) is 48.9 cm³/mol. The van der Waals surface area contributed by atoms with Crippen molar-refractivity contribution in [1.82, 2.24) is 0 Å². The summed E-state index contributed by atoms with van der Waals surface area (Å²) in [5.74, 6) is 0. The molecule has 1 unspecified atom stereocenters. The van der Waals surface area contributed by atoms with Crippen LogP contribution in [0, 0.1) is 5.41 Å². The SMILES string of the molecule is CC(C)=COCC1(C)CCOC1. The minimum atomic E-state index is 0.242. The number of hydrogen-bond donors (Lipinski definition) is 0. The van der Waals surface area contributed by atoms with Crippen LogP contribution in [0.2, 0.25) is 0 Å². The molecule has 1 aliphatic heterocycles. The minimum absolute atomic E-state index is 0.242. The standard InChI is InChI=1S/C10H18O2/c1-9(2)6-12-8-10(3)4-5-11-7-10/h6H,4-5,7-8H2,1-3H3. The van der Waals surface area contributed by atoms with E-state index in [4.69, 9.17) is 9.47 Å². The van der Waals surface area contributed by atoms with Gasteiger partial charge in [0.2, 0.25) is 0 Å². The van der Waals surface area contributed by atoms with Crippen molar-refractivity contribution in [3.8, 4) is 0 Å². The van der Waals surface area contributed by atoms with Gasteiger partial charge in [0.1, 0.15) is 0 Å². The zero-order valence-corrected chi connectivity index (χ0v) is 8.22. The highest BCUT2D eigenvalue weighted by Crippen LogP contribution is 2.27. The Balaban J connectivity index is 2.26. The van der Waals surface area contributed by atoms with Crippen molar-refractivity contribution in [2.75, 3.05) is 19.8 Å². The maximum Gasteiger partial charge on any atom is 0.0949 e. The molecule has 0 spiro atoms. The van der Waals surface area contributed by atoms with E-state index in [0.717, 1.165) is 26.2 Å². The quantitative estimate of drug-likeness (QED) is 0.605. The summed E-state index contributed by atoms with van der Waals surface area (Å²) >= 11 is 0. The Morgan fingerprint density at radius 2 is 2.33 bits per heavy atom. The summed E-state index contributed by atoms with van der Waals surface area (Å²) in [5, 5.41) is 0.